The average Bonchev–Trinajstić information content (AvgIpc) is 3.03. The summed E-state index contributed by atoms with van der Waals surface area (Å²) in [5.74, 6) is -0.943. The molecule has 2 aromatic rings. The maximum Gasteiger partial charge on any atom is 0.331 e. The lowest BCUT2D eigenvalue weighted by atomic mass is 10.1. The monoisotopic (exact) mass is 456 g/mol. The van der Waals surface area contributed by atoms with Crippen LogP contribution in [0.4, 0.5) is 5.69 Å². The lowest BCUT2D eigenvalue weighted by Gasteiger charge is -2.17. The van der Waals surface area contributed by atoms with Crippen LogP contribution in [0.3, 0.4) is 0 Å². The zero-order valence-electron chi connectivity index (χ0n) is 17.0. The maximum atomic E-state index is 13.2. The first-order chi connectivity index (χ1) is 14.9. The van der Waals surface area contributed by atoms with Crippen LogP contribution >= 0.6 is 23.4 Å². The average molecular weight is 457 g/mol. The number of aliphatic carboxylic acids is 1. The van der Waals surface area contributed by atoms with Crippen molar-refractivity contribution in [2.45, 2.75) is 20.3 Å². The number of carbonyl (C=O) groups is 2. The maximum absolute atomic E-state index is 13.2. The Morgan fingerprint density at radius 1 is 1.29 bits per heavy atom. The van der Waals surface area contributed by atoms with Crippen molar-refractivity contribution >= 4 is 52.2 Å². The molecule has 0 aromatic heterocycles. The predicted molar refractivity (Wildman–Crippen MR) is 126 cm³/mol. The number of aliphatic imine (C=N–C) groups is 1. The van der Waals surface area contributed by atoms with Crippen molar-refractivity contribution < 1.29 is 19.4 Å². The molecule has 0 bridgehead atoms. The Labute approximate surface area is 189 Å². The number of ether oxygens (including phenoxy) is 1. The van der Waals surface area contributed by atoms with Crippen molar-refractivity contribution in [3.63, 3.8) is 0 Å². The van der Waals surface area contributed by atoms with Gasteiger partial charge in [0, 0.05) is 6.54 Å². The Balaban J connectivity index is 1.90. The zero-order valence-corrected chi connectivity index (χ0v) is 18.6. The molecule has 0 aliphatic carbocycles. The highest BCUT2D eigenvalue weighted by molar-refractivity contribution is 8.19. The Kier molecular flexibility index (Phi) is 7.55. The molecule has 2 aromatic carbocycles. The fraction of sp³-hybridized carbons (Fsp3) is 0.174. The van der Waals surface area contributed by atoms with E-state index in [-0.39, 0.29) is 5.91 Å². The van der Waals surface area contributed by atoms with Gasteiger partial charge in [-0.25, -0.2) is 4.79 Å². The van der Waals surface area contributed by atoms with Crippen LogP contribution in [0, 0.1) is 6.92 Å². The molecule has 160 valence electrons. The van der Waals surface area contributed by atoms with Crippen LogP contribution in [-0.2, 0) is 9.59 Å². The normalized spacial score (nSPS) is 16.6. The van der Waals surface area contributed by atoms with Gasteiger partial charge in [-0.15, -0.1) is 0 Å². The highest BCUT2D eigenvalue weighted by Gasteiger charge is 2.35. The van der Waals surface area contributed by atoms with Gasteiger partial charge in [-0.1, -0.05) is 42.8 Å². The van der Waals surface area contributed by atoms with Crippen LogP contribution < -0.4 is 9.64 Å². The molecule has 31 heavy (non-hydrogen) atoms. The van der Waals surface area contributed by atoms with Gasteiger partial charge in [0.1, 0.15) is 5.75 Å². The first-order valence-electron chi connectivity index (χ1n) is 9.60. The number of aryl methyl sites for hydroxylation is 1. The number of amidine groups is 1. The number of benzene rings is 2. The highest BCUT2D eigenvalue weighted by atomic mass is 35.5. The summed E-state index contributed by atoms with van der Waals surface area (Å²) in [5.41, 5.74) is 2.52. The van der Waals surface area contributed by atoms with Gasteiger partial charge in [-0.3, -0.25) is 14.7 Å². The van der Waals surface area contributed by atoms with Gasteiger partial charge >= 0.3 is 5.97 Å². The molecule has 1 heterocycles. The molecule has 1 amide bonds. The van der Waals surface area contributed by atoms with Gasteiger partial charge in [0.2, 0.25) is 0 Å². The molecule has 1 aliphatic rings. The third kappa shape index (κ3) is 5.57. The first kappa shape index (κ1) is 22.7. The molecule has 1 fully saturated rings. The quantitative estimate of drug-likeness (QED) is 0.438. The Morgan fingerprint density at radius 2 is 2.06 bits per heavy atom. The number of carboxylic acid groups (broad SMARTS) is 1. The van der Waals surface area contributed by atoms with Crippen LogP contribution in [0.25, 0.3) is 6.08 Å². The minimum absolute atomic E-state index is 0.144. The SMILES string of the molecule is CCC/N=C1\S/C(=C\c2ccc(O/C=C\C(=O)O)c(Cl)c2)C(=O)N1c1ccccc1C. The predicted octanol–water partition coefficient (Wildman–Crippen LogP) is 5.51. The van der Waals surface area contributed by atoms with Crippen LogP contribution in [0.15, 0.2) is 64.7 Å². The van der Waals surface area contributed by atoms with E-state index in [0.29, 0.717) is 27.4 Å². The third-order valence-electron chi connectivity index (χ3n) is 4.29. The van der Waals surface area contributed by atoms with E-state index >= 15 is 0 Å². The number of hydrogen-bond acceptors (Lipinski definition) is 5. The number of carboxylic acids is 1. The standard InChI is InChI=1S/C23H21ClN2O4S/c1-3-11-25-23-26(18-7-5-4-6-15(18)2)22(29)20(31-23)14-16-8-9-19(17(24)13-16)30-12-10-21(27)28/h4-10,12-14H,3,11H2,1-2H3,(H,27,28)/b12-10-,20-14-,25-23-. The zero-order chi connectivity index (χ0) is 22.4. The lowest BCUT2D eigenvalue weighted by molar-refractivity contribution is -0.131. The Hall–Kier alpha value is -3.03. The topological polar surface area (TPSA) is 79.2 Å². The van der Waals surface area contributed by atoms with E-state index in [2.05, 4.69) is 4.99 Å². The highest BCUT2D eigenvalue weighted by Crippen LogP contribution is 2.38. The van der Waals surface area contributed by atoms with Crippen molar-refractivity contribution in [1.29, 1.82) is 0 Å². The molecule has 0 unspecified atom stereocenters. The van der Waals surface area contributed by atoms with Gasteiger partial charge in [-0.05, 0) is 60.5 Å². The van der Waals surface area contributed by atoms with Gasteiger partial charge in [0.25, 0.3) is 5.91 Å². The summed E-state index contributed by atoms with van der Waals surface area (Å²) in [6.07, 6.45) is 4.56. The summed E-state index contributed by atoms with van der Waals surface area (Å²) < 4.78 is 5.23. The molecule has 0 atom stereocenters. The van der Waals surface area contributed by atoms with Crippen LogP contribution in [-0.4, -0.2) is 28.7 Å². The molecule has 0 spiro atoms. The molecule has 8 heteroatoms. The number of carbonyl (C=O) groups excluding carboxylic acids is 1. The second-order valence-electron chi connectivity index (χ2n) is 6.65. The molecule has 3 rings (SSSR count). The largest absolute Gasteiger partial charge is 0.478 e. The summed E-state index contributed by atoms with van der Waals surface area (Å²) in [7, 11) is 0. The smallest absolute Gasteiger partial charge is 0.331 e. The Morgan fingerprint density at radius 3 is 2.74 bits per heavy atom. The number of halogens is 1. The van der Waals surface area contributed by atoms with Crippen molar-refractivity contribution in [3.05, 3.63) is 75.9 Å². The number of amides is 1. The third-order valence-corrected chi connectivity index (χ3v) is 5.59. The molecular weight excluding hydrogens is 436 g/mol. The van der Waals surface area contributed by atoms with Crippen LogP contribution in [0.1, 0.15) is 24.5 Å². The van der Waals surface area contributed by atoms with E-state index in [0.717, 1.165) is 35.6 Å². The van der Waals surface area contributed by atoms with Crippen LogP contribution in [0.2, 0.25) is 5.02 Å². The summed E-state index contributed by atoms with van der Waals surface area (Å²) in [4.78, 5) is 30.6. The number of rotatable bonds is 7. The lowest BCUT2D eigenvalue weighted by Crippen LogP contribution is -2.29. The number of anilines is 1. The van der Waals surface area contributed by atoms with Gasteiger partial charge in [-0.2, -0.15) is 0 Å². The van der Waals surface area contributed by atoms with E-state index in [1.165, 1.54) is 11.8 Å². The van der Waals surface area contributed by atoms with E-state index in [9.17, 15) is 9.59 Å². The van der Waals surface area contributed by atoms with E-state index < -0.39 is 5.97 Å². The number of hydrogen-bond donors (Lipinski definition) is 1. The second-order valence-corrected chi connectivity index (χ2v) is 8.07. The molecule has 0 saturated carbocycles. The first-order valence-corrected chi connectivity index (χ1v) is 10.8. The molecule has 1 saturated heterocycles. The summed E-state index contributed by atoms with van der Waals surface area (Å²) in [6.45, 7) is 4.63. The fourth-order valence-electron chi connectivity index (χ4n) is 2.83. The summed E-state index contributed by atoms with van der Waals surface area (Å²) in [6, 6.07) is 12.7. The summed E-state index contributed by atoms with van der Waals surface area (Å²) >= 11 is 7.58. The Bertz CT molecular complexity index is 1090. The van der Waals surface area contributed by atoms with E-state index in [1.54, 1.807) is 29.2 Å². The second kappa shape index (κ2) is 10.3. The summed E-state index contributed by atoms with van der Waals surface area (Å²) in [5, 5.41) is 9.58. The van der Waals surface area contributed by atoms with Gasteiger partial charge in [0.15, 0.2) is 5.17 Å². The minimum atomic E-state index is -1.12. The van der Waals surface area contributed by atoms with Crippen molar-refractivity contribution in [3.8, 4) is 5.75 Å². The molecular formula is C23H21ClN2O4S. The number of para-hydroxylation sites is 1. The van der Waals surface area contributed by atoms with E-state index in [4.69, 9.17) is 21.4 Å². The number of nitrogens with zero attached hydrogens (tertiary/aromatic N) is 2. The van der Waals surface area contributed by atoms with Crippen LogP contribution in [0.5, 0.6) is 5.75 Å². The van der Waals surface area contributed by atoms with Gasteiger partial charge in [0.05, 0.1) is 28.0 Å². The molecule has 0 radical (unpaired) electrons. The molecule has 6 nitrogen and oxygen atoms in total. The molecule has 1 aliphatic heterocycles. The molecule has 1 N–H and O–H groups in total. The van der Waals surface area contributed by atoms with Crippen molar-refractivity contribution in [2.75, 3.05) is 11.4 Å². The number of thioether (sulfide) groups is 1. The van der Waals surface area contributed by atoms with E-state index in [1.807, 2.05) is 38.1 Å². The van der Waals surface area contributed by atoms with Crippen molar-refractivity contribution in [2.24, 2.45) is 4.99 Å². The minimum Gasteiger partial charge on any atom is -0.478 e. The van der Waals surface area contributed by atoms with Crippen molar-refractivity contribution in [1.82, 2.24) is 0 Å². The van der Waals surface area contributed by atoms with Gasteiger partial charge < -0.3 is 9.84 Å². The fourth-order valence-corrected chi connectivity index (χ4v) is 4.06.